The fourth-order valence-corrected chi connectivity index (χ4v) is 1.60. The molecule has 0 bridgehead atoms. The number of rotatable bonds is 6. The molecule has 0 aliphatic carbocycles. The summed E-state index contributed by atoms with van der Waals surface area (Å²) < 4.78 is 11.1. The molecule has 100 valence electrons. The molecule has 2 N–H and O–H groups in total. The lowest BCUT2D eigenvalue weighted by molar-refractivity contribution is 0.317. The third kappa shape index (κ3) is 3.66. The maximum absolute atomic E-state index is 5.62. The van der Waals surface area contributed by atoms with Crippen molar-refractivity contribution in [2.75, 3.05) is 13.2 Å². The number of nitrogens with zero attached hydrogens (tertiary/aromatic N) is 2. The van der Waals surface area contributed by atoms with Gasteiger partial charge in [0.1, 0.15) is 0 Å². The van der Waals surface area contributed by atoms with Crippen molar-refractivity contribution in [3.63, 3.8) is 0 Å². The number of ether oxygens (including phenoxy) is 2. The topological polar surface area (TPSA) is 70.3 Å². The molecule has 0 saturated carbocycles. The van der Waals surface area contributed by atoms with Gasteiger partial charge in [-0.25, -0.2) is 9.97 Å². The van der Waals surface area contributed by atoms with Crippen molar-refractivity contribution in [3.05, 3.63) is 42.2 Å². The third-order valence-corrected chi connectivity index (χ3v) is 2.46. The summed E-state index contributed by atoms with van der Waals surface area (Å²) in [6.07, 6.45) is 4.20. The summed E-state index contributed by atoms with van der Waals surface area (Å²) in [5.41, 5.74) is 6.47. The Balaban J connectivity index is 2.12. The van der Waals surface area contributed by atoms with Crippen LogP contribution >= 0.6 is 0 Å². The lowest BCUT2D eigenvalue weighted by Crippen LogP contribution is -2.04. The first-order valence-electron chi connectivity index (χ1n) is 6.24. The molecular weight excluding hydrogens is 242 g/mol. The lowest BCUT2D eigenvalue weighted by atomic mass is 10.2. The summed E-state index contributed by atoms with van der Waals surface area (Å²) in [4.78, 5) is 8.30. The van der Waals surface area contributed by atoms with Crippen LogP contribution in [-0.4, -0.2) is 23.1 Å². The van der Waals surface area contributed by atoms with Crippen LogP contribution in [0.25, 0.3) is 0 Å². The van der Waals surface area contributed by atoms with E-state index in [9.17, 15) is 0 Å². The molecule has 5 nitrogen and oxygen atoms in total. The van der Waals surface area contributed by atoms with Crippen molar-refractivity contribution in [1.82, 2.24) is 9.97 Å². The minimum absolute atomic E-state index is 0.299. The first kappa shape index (κ1) is 13.3. The average molecular weight is 259 g/mol. The van der Waals surface area contributed by atoms with Crippen molar-refractivity contribution < 1.29 is 9.47 Å². The SMILES string of the molecule is CCOc1ccccc1Oc1ncc(CCN)cn1. The molecule has 0 aliphatic rings. The molecule has 1 aromatic heterocycles. The van der Waals surface area contributed by atoms with Gasteiger partial charge in [-0.2, -0.15) is 0 Å². The monoisotopic (exact) mass is 259 g/mol. The van der Waals surface area contributed by atoms with Crippen molar-refractivity contribution in [2.45, 2.75) is 13.3 Å². The van der Waals surface area contributed by atoms with Gasteiger partial charge >= 0.3 is 6.01 Å². The van der Waals surface area contributed by atoms with Gasteiger partial charge in [0, 0.05) is 12.4 Å². The molecule has 0 amide bonds. The molecule has 0 fully saturated rings. The lowest BCUT2D eigenvalue weighted by Gasteiger charge is -2.09. The molecule has 2 rings (SSSR count). The van der Waals surface area contributed by atoms with Crippen LogP contribution in [0.3, 0.4) is 0 Å². The van der Waals surface area contributed by atoms with Crippen molar-refractivity contribution in [3.8, 4) is 17.5 Å². The minimum atomic E-state index is 0.299. The number of para-hydroxylation sites is 2. The molecule has 0 saturated heterocycles. The highest BCUT2D eigenvalue weighted by Crippen LogP contribution is 2.29. The predicted octanol–water partition coefficient (Wildman–Crippen LogP) is 2.17. The van der Waals surface area contributed by atoms with E-state index in [1.807, 2.05) is 31.2 Å². The smallest absolute Gasteiger partial charge is 0.322 e. The summed E-state index contributed by atoms with van der Waals surface area (Å²) in [6.45, 7) is 3.09. The van der Waals surface area contributed by atoms with Gasteiger partial charge in [0.15, 0.2) is 11.5 Å². The highest BCUT2D eigenvalue weighted by molar-refractivity contribution is 5.40. The number of hydrogen-bond donors (Lipinski definition) is 1. The van der Waals surface area contributed by atoms with Gasteiger partial charge in [0.2, 0.25) is 0 Å². The number of aromatic nitrogens is 2. The molecule has 0 aliphatic heterocycles. The molecule has 5 heteroatoms. The van der Waals surface area contributed by atoms with Crippen LogP contribution in [0.1, 0.15) is 12.5 Å². The standard InChI is InChI=1S/C14H17N3O2/c1-2-18-12-5-3-4-6-13(12)19-14-16-9-11(7-8-15)10-17-14/h3-6,9-10H,2,7-8,15H2,1H3. The third-order valence-electron chi connectivity index (χ3n) is 2.46. The van der Waals surface area contributed by atoms with Gasteiger partial charge < -0.3 is 15.2 Å². The van der Waals surface area contributed by atoms with Gasteiger partial charge in [-0.1, -0.05) is 12.1 Å². The van der Waals surface area contributed by atoms with E-state index < -0.39 is 0 Å². The molecule has 0 atom stereocenters. The van der Waals surface area contributed by atoms with E-state index in [1.54, 1.807) is 12.4 Å². The van der Waals surface area contributed by atoms with E-state index >= 15 is 0 Å². The number of benzene rings is 1. The van der Waals surface area contributed by atoms with E-state index in [-0.39, 0.29) is 0 Å². The molecule has 0 radical (unpaired) electrons. The van der Waals surface area contributed by atoms with Gasteiger partial charge in [-0.3, -0.25) is 0 Å². The van der Waals surface area contributed by atoms with Crippen molar-refractivity contribution in [1.29, 1.82) is 0 Å². The quantitative estimate of drug-likeness (QED) is 0.860. The molecule has 19 heavy (non-hydrogen) atoms. The van der Waals surface area contributed by atoms with Crippen molar-refractivity contribution >= 4 is 0 Å². The highest BCUT2D eigenvalue weighted by Gasteiger charge is 2.06. The second-order valence-electron chi connectivity index (χ2n) is 3.89. The number of nitrogens with two attached hydrogens (primary N) is 1. The summed E-state index contributed by atoms with van der Waals surface area (Å²) in [6, 6.07) is 7.74. The van der Waals surface area contributed by atoms with Crippen LogP contribution in [0.5, 0.6) is 17.5 Å². The Morgan fingerprint density at radius 2 is 1.79 bits per heavy atom. The fraction of sp³-hybridized carbons (Fsp3) is 0.286. The molecule has 0 unspecified atom stereocenters. The molecular formula is C14H17N3O2. The van der Waals surface area contributed by atoms with Gasteiger partial charge in [-0.15, -0.1) is 0 Å². The Morgan fingerprint density at radius 1 is 1.11 bits per heavy atom. The van der Waals surface area contributed by atoms with Crippen LogP contribution < -0.4 is 15.2 Å². The molecule has 2 aromatic rings. The Kier molecular flexibility index (Phi) is 4.69. The maximum atomic E-state index is 5.62. The van der Waals surface area contributed by atoms with Crippen molar-refractivity contribution in [2.24, 2.45) is 5.73 Å². The summed E-state index contributed by atoms with van der Waals surface area (Å²) in [5, 5.41) is 0. The summed E-state index contributed by atoms with van der Waals surface area (Å²) in [5.74, 6) is 1.29. The van der Waals surface area contributed by atoms with E-state index in [0.717, 1.165) is 12.0 Å². The van der Waals surface area contributed by atoms with Crippen LogP contribution in [0.4, 0.5) is 0 Å². The predicted molar refractivity (Wildman–Crippen MR) is 72.5 cm³/mol. The second-order valence-corrected chi connectivity index (χ2v) is 3.89. The molecule has 0 spiro atoms. The Morgan fingerprint density at radius 3 is 2.42 bits per heavy atom. The zero-order valence-electron chi connectivity index (χ0n) is 10.9. The normalized spacial score (nSPS) is 10.2. The van der Waals surface area contributed by atoms with Crippen LogP contribution in [0.15, 0.2) is 36.7 Å². The summed E-state index contributed by atoms with van der Waals surface area (Å²) in [7, 11) is 0. The largest absolute Gasteiger partial charge is 0.490 e. The van der Waals surface area contributed by atoms with Crippen LogP contribution in [0.2, 0.25) is 0 Å². The molecule has 1 aromatic carbocycles. The van der Waals surface area contributed by atoms with Crippen LogP contribution in [0, 0.1) is 0 Å². The summed E-state index contributed by atoms with van der Waals surface area (Å²) >= 11 is 0. The van der Waals surface area contributed by atoms with E-state index in [4.69, 9.17) is 15.2 Å². The van der Waals surface area contributed by atoms with E-state index in [0.29, 0.717) is 30.7 Å². The second kappa shape index (κ2) is 6.70. The van der Waals surface area contributed by atoms with Crippen LogP contribution in [-0.2, 0) is 6.42 Å². The Bertz CT molecular complexity index is 514. The van der Waals surface area contributed by atoms with Gasteiger partial charge in [-0.05, 0) is 37.6 Å². The Hall–Kier alpha value is -2.14. The minimum Gasteiger partial charge on any atom is -0.490 e. The first-order valence-corrected chi connectivity index (χ1v) is 6.24. The van der Waals surface area contributed by atoms with Gasteiger partial charge in [0.25, 0.3) is 0 Å². The van der Waals surface area contributed by atoms with E-state index in [1.165, 1.54) is 0 Å². The average Bonchev–Trinajstić information content (AvgIpc) is 2.44. The highest BCUT2D eigenvalue weighted by atomic mass is 16.5. The van der Waals surface area contributed by atoms with E-state index in [2.05, 4.69) is 9.97 Å². The zero-order valence-corrected chi connectivity index (χ0v) is 10.9. The maximum Gasteiger partial charge on any atom is 0.322 e. The number of hydrogen-bond acceptors (Lipinski definition) is 5. The van der Waals surface area contributed by atoms with Gasteiger partial charge in [0.05, 0.1) is 6.61 Å². The fourth-order valence-electron chi connectivity index (χ4n) is 1.60. The zero-order chi connectivity index (χ0) is 13.5. The first-order chi connectivity index (χ1) is 9.33. The Labute approximate surface area is 112 Å². The molecule has 1 heterocycles.